The maximum Gasteiger partial charge on any atom is 0.344 e. The van der Waals surface area contributed by atoms with Gasteiger partial charge in [-0.25, -0.2) is 4.79 Å². The number of ether oxygens (including phenoxy) is 2. The number of nitrogens with zero attached hydrogens (tertiary/aromatic N) is 1. The number of rotatable bonds is 5. The zero-order valence-corrected chi connectivity index (χ0v) is 12.0. The molecule has 1 unspecified atom stereocenters. The predicted octanol–water partition coefficient (Wildman–Crippen LogP) is 1.88. The van der Waals surface area contributed by atoms with Crippen molar-refractivity contribution in [2.75, 3.05) is 30.8 Å². The number of anilines is 2. The maximum atomic E-state index is 11.8. The third kappa shape index (κ3) is 3.16. The fourth-order valence-electron chi connectivity index (χ4n) is 2.07. The van der Waals surface area contributed by atoms with Crippen LogP contribution in [0, 0.1) is 0 Å². The summed E-state index contributed by atoms with van der Waals surface area (Å²) in [7, 11) is 0. The molecule has 2 heterocycles. The molecular formula is C12H19N3O3S. The van der Waals surface area contributed by atoms with Gasteiger partial charge in [-0.15, -0.1) is 0 Å². The smallest absolute Gasteiger partial charge is 0.344 e. The monoisotopic (exact) mass is 285 g/mol. The molecule has 0 amide bonds. The van der Waals surface area contributed by atoms with Crippen LogP contribution in [0.3, 0.4) is 0 Å². The van der Waals surface area contributed by atoms with Crippen molar-refractivity contribution >= 4 is 28.3 Å². The molecule has 0 bridgehead atoms. The van der Waals surface area contributed by atoms with Gasteiger partial charge >= 0.3 is 5.97 Å². The molecule has 2 rings (SSSR count). The lowest BCUT2D eigenvalue weighted by Gasteiger charge is -2.23. The van der Waals surface area contributed by atoms with Crippen LogP contribution in [0.5, 0.6) is 0 Å². The molecule has 1 fully saturated rings. The molecule has 1 aliphatic heterocycles. The van der Waals surface area contributed by atoms with Crippen LogP contribution in [0.15, 0.2) is 0 Å². The molecule has 19 heavy (non-hydrogen) atoms. The summed E-state index contributed by atoms with van der Waals surface area (Å²) in [5.74, 6) is -0.225. The van der Waals surface area contributed by atoms with Crippen LogP contribution >= 0.6 is 11.5 Å². The number of carbonyl (C=O) groups is 1. The third-order valence-corrected chi connectivity index (χ3v) is 3.94. The molecule has 1 saturated heterocycles. The first-order chi connectivity index (χ1) is 9.06. The molecule has 1 aromatic heterocycles. The Kier molecular flexibility index (Phi) is 4.26. The Bertz CT molecular complexity index is 455. The van der Waals surface area contributed by atoms with Crippen LogP contribution in [0.2, 0.25) is 0 Å². The summed E-state index contributed by atoms with van der Waals surface area (Å²) in [5.41, 5.74) is 5.85. The molecule has 0 aliphatic carbocycles. The minimum absolute atomic E-state index is 0.190. The Morgan fingerprint density at radius 2 is 2.47 bits per heavy atom. The molecule has 6 nitrogen and oxygen atoms in total. The van der Waals surface area contributed by atoms with Crippen molar-refractivity contribution in [2.24, 2.45) is 0 Å². The van der Waals surface area contributed by atoms with Crippen LogP contribution in [-0.2, 0) is 9.47 Å². The molecule has 1 atom stereocenters. The Balaban J connectivity index is 2.06. The van der Waals surface area contributed by atoms with Gasteiger partial charge in [-0.1, -0.05) is 0 Å². The van der Waals surface area contributed by atoms with Crippen molar-refractivity contribution in [1.29, 1.82) is 0 Å². The summed E-state index contributed by atoms with van der Waals surface area (Å²) in [6.45, 7) is 5.54. The standard InChI is InChI=1S/C12H19N3O3S/c1-3-17-11(16)8-9(13)15-19-10(8)14-7-12(2)5-4-6-18-12/h14H,3-7H2,1-2H3,(H2,13,15). The van der Waals surface area contributed by atoms with E-state index < -0.39 is 5.97 Å². The van der Waals surface area contributed by atoms with Gasteiger partial charge in [0.2, 0.25) is 0 Å². The van der Waals surface area contributed by atoms with E-state index in [2.05, 4.69) is 16.6 Å². The largest absolute Gasteiger partial charge is 0.462 e. The van der Waals surface area contributed by atoms with Crippen molar-refractivity contribution in [1.82, 2.24) is 4.37 Å². The fourth-order valence-corrected chi connectivity index (χ4v) is 2.76. The first-order valence-electron chi connectivity index (χ1n) is 6.36. The van der Waals surface area contributed by atoms with E-state index in [1.54, 1.807) is 6.92 Å². The van der Waals surface area contributed by atoms with Gasteiger partial charge in [0.05, 0.1) is 12.2 Å². The first kappa shape index (κ1) is 14.1. The highest BCUT2D eigenvalue weighted by Gasteiger charge is 2.30. The molecule has 106 valence electrons. The molecule has 0 aromatic carbocycles. The highest BCUT2D eigenvalue weighted by atomic mass is 32.1. The maximum absolute atomic E-state index is 11.8. The van der Waals surface area contributed by atoms with Gasteiger partial charge in [0, 0.05) is 13.2 Å². The second-order valence-electron chi connectivity index (χ2n) is 4.75. The molecule has 0 radical (unpaired) electrons. The van der Waals surface area contributed by atoms with E-state index in [1.165, 1.54) is 11.5 Å². The number of hydrogen-bond donors (Lipinski definition) is 2. The first-order valence-corrected chi connectivity index (χ1v) is 7.13. The van der Waals surface area contributed by atoms with Crippen LogP contribution in [0.25, 0.3) is 0 Å². The molecule has 1 aliphatic rings. The second kappa shape index (κ2) is 5.75. The molecule has 0 saturated carbocycles. The lowest BCUT2D eigenvalue weighted by Crippen LogP contribution is -2.32. The minimum Gasteiger partial charge on any atom is -0.462 e. The molecule has 3 N–H and O–H groups in total. The fraction of sp³-hybridized carbons (Fsp3) is 0.667. The van der Waals surface area contributed by atoms with Crippen molar-refractivity contribution in [3.05, 3.63) is 5.56 Å². The average molecular weight is 285 g/mol. The van der Waals surface area contributed by atoms with E-state index in [-0.39, 0.29) is 11.4 Å². The zero-order chi connectivity index (χ0) is 13.9. The SMILES string of the molecule is CCOC(=O)c1c(N)nsc1NCC1(C)CCCO1. The number of nitrogens with one attached hydrogen (secondary N) is 1. The van der Waals surface area contributed by atoms with Crippen LogP contribution < -0.4 is 11.1 Å². The van der Waals surface area contributed by atoms with Gasteiger partial charge in [-0.2, -0.15) is 4.37 Å². The van der Waals surface area contributed by atoms with E-state index in [1.807, 2.05) is 0 Å². The number of nitrogen functional groups attached to an aromatic ring is 1. The van der Waals surface area contributed by atoms with E-state index in [0.717, 1.165) is 19.4 Å². The van der Waals surface area contributed by atoms with Crippen molar-refractivity contribution < 1.29 is 14.3 Å². The van der Waals surface area contributed by atoms with Gasteiger partial charge in [-0.3, -0.25) is 0 Å². The topological polar surface area (TPSA) is 86.5 Å². The van der Waals surface area contributed by atoms with E-state index in [9.17, 15) is 4.79 Å². The summed E-state index contributed by atoms with van der Waals surface area (Å²) >= 11 is 1.17. The number of esters is 1. The van der Waals surface area contributed by atoms with Gasteiger partial charge in [0.1, 0.15) is 10.6 Å². The lowest BCUT2D eigenvalue weighted by molar-refractivity contribution is 0.0315. The number of aromatic nitrogens is 1. The van der Waals surface area contributed by atoms with Gasteiger partial charge < -0.3 is 20.5 Å². The third-order valence-electron chi connectivity index (χ3n) is 3.12. The van der Waals surface area contributed by atoms with Gasteiger partial charge in [-0.05, 0) is 38.2 Å². The lowest BCUT2D eigenvalue weighted by atomic mass is 10.0. The van der Waals surface area contributed by atoms with Crippen LogP contribution in [0.4, 0.5) is 10.8 Å². The Morgan fingerprint density at radius 1 is 1.68 bits per heavy atom. The van der Waals surface area contributed by atoms with Crippen LogP contribution in [0.1, 0.15) is 37.0 Å². The minimum atomic E-state index is -0.436. The molecular weight excluding hydrogens is 266 g/mol. The summed E-state index contributed by atoms with van der Waals surface area (Å²) in [6, 6.07) is 0. The second-order valence-corrected chi connectivity index (χ2v) is 5.52. The van der Waals surface area contributed by atoms with Crippen molar-refractivity contribution in [3.63, 3.8) is 0 Å². The molecule has 1 aromatic rings. The van der Waals surface area contributed by atoms with Crippen molar-refractivity contribution in [3.8, 4) is 0 Å². The highest BCUT2D eigenvalue weighted by molar-refractivity contribution is 7.11. The highest BCUT2D eigenvalue weighted by Crippen LogP contribution is 2.30. The van der Waals surface area contributed by atoms with Crippen molar-refractivity contribution in [2.45, 2.75) is 32.3 Å². The summed E-state index contributed by atoms with van der Waals surface area (Å²) in [6.07, 6.45) is 2.07. The van der Waals surface area contributed by atoms with Crippen LogP contribution in [-0.4, -0.2) is 35.7 Å². The zero-order valence-electron chi connectivity index (χ0n) is 11.2. The summed E-state index contributed by atoms with van der Waals surface area (Å²) in [4.78, 5) is 11.8. The number of hydrogen-bond acceptors (Lipinski definition) is 7. The summed E-state index contributed by atoms with van der Waals surface area (Å²) in [5, 5.41) is 3.85. The quantitative estimate of drug-likeness (QED) is 0.803. The molecule has 7 heteroatoms. The average Bonchev–Trinajstić information content (AvgIpc) is 2.94. The molecule has 0 spiro atoms. The van der Waals surface area contributed by atoms with E-state index in [0.29, 0.717) is 23.7 Å². The van der Waals surface area contributed by atoms with E-state index >= 15 is 0 Å². The Morgan fingerprint density at radius 3 is 3.11 bits per heavy atom. The van der Waals surface area contributed by atoms with E-state index in [4.69, 9.17) is 15.2 Å². The van der Waals surface area contributed by atoms with Gasteiger partial charge in [0.15, 0.2) is 5.82 Å². The Hall–Kier alpha value is -1.34. The predicted molar refractivity (Wildman–Crippen MR) is 74.6 cm³/mol. The summed E-state index contributed by atoms with van der Waals surface area (Å²) < 4.78 is 14.7. The normalized spacial score (nSPS) is 22.4. The van der Waals surface area contributed by atoms with Gasteiger partial charge in [0.25, 0.3) is 0 Å². The number of carbonyl (C=O) groups excluding carboxylic acids is 1. The Labute approximate surface area is 116 Å². The number of nitrogens with two attached hydrogens (primary N) is 1.